The summed E-state index contributed by atoms with van der Waals surface area (Å²) in [5, 5.41) is 3.57. The second-order valence-corrected chi connectivity index (χ2v) is 5.63. The molecule has 0 amide bonds. The summed E-state index contributed by atoms with van der Waals surface area (Å²) in [6.45, 7) is 8.30. The number of hydrogen-bond donors (Lipinski definition) is 1. The lowest BCUT2D eigenvalue weighted by atomic mass is 10.1. The fourth-order valence-corrected chi connectivity index (χ4v) is 2.48. The first-order valence-corrected chi connectivity index (χ1v) is 7.00. The van der Waals surface area contributed by atoms with Crippen molar-refractivity contribution >= 4 is 11.4 Å². The smallest absolute Gasteiger partial charge is 0.106 e. The Kier molecular flexibility index (Phi) is 4.07. The molecule has 0 saturated heterocycles. The predicted molar refractivity (Wildman–Crippen MR) is 85.7 cm³/mol. The van der Waals surface area contributed by atoms with Crippen molar-refractivity contribution in [2.75, 3.05) is 24.3 Å². The van der Waals surface area contributed by atoms with Gasteiger partial charge in [0.25, 0.3) is 0 Å². The lowest BCUT2D eigenvalue weighted by Crippen LogP contribution is -2.11. The van der Waals surface area contributed by atoms with Gasteiger partial charge in [-0.05, 0) is 57.5 Å². The van der Waals surface area contributed by atoms with Crippen molar-refractivity contribution in [2.45, 2.75) is 33.7 Å². The van der Waals surface area contributed by atoms with Gasteiger partial charge in [0.2, 0.25) is 0 Å². The maximum absolute atomic E-state index is 5.61. The summed E-state index contributed by atoms with van der Waals surface area (Å²) >= 11 is 0. The van der Waals surface area contributed by atoms with Crippen LogP contribution in [0.2, 0.25) is 0 Å². The number of hydrogen-bond acceptors (Lipinski definition) is 3. The molecule has 0 aliphatic rings. The molecule has 20 heavy (non-hydrogen) atoms. The molecule has 0 saturated carbocycles. The molecular weight excluding hydrogens is 248 g/mol. The van der Waals surface area contributed by atoms with Crippen LogP contribution in [0.15, 0.2) is 28.7 Å². The lowest BCUT2D eigenvalue weighted by molar-refractivity contribution is 0.500. The summed E-state index contributed by atoms with van der Waals surface area (Å²) in [5.74, 6) is 1.95. The van der Waals surface area contributed by atoms with Gasteiger partial charge in [-0.25, -0.2) is 0 Å². The number of rotatable bonds is 4. The highest BCUT2D eigenvalue weighted by molar-refractivity contribution is 5.60. The Hall–Kier alpha value is -1.90. The summed E-state index contributed by atoms with van der Waals surface area (Å²) in [4.78, 5) is 2.11. The Morgan fingerprint density at radius 1 is 1.10 bits per heavy atom. The molecule has 3 nitrogen and oxygen atoms in total. The molecule has 2 aromatic rings. The fraction of sp³-hybridized carbons (Fsp3) is 0.412. The zero-order chi connectivity index (χ0) is 14.9. The summed E-state index contributed by atoms with van der Waals surface area (Å²) in [6, 6.07) is 8.81. The van der Waals surface area contributed by atoms with Crippen LogP contribution in [0.4, 0.5) is 11.4 Å². The Bertz CT molecular complexity index is 599. The van der Waals surface area contributed by atoms with Crippen LogP contribution in [-0.4, -0.2) is 14.1 Å². The second-order valence-electron chi connectivity index (χ2n) is 5.63. The van der Waals surface area contributed by atoms with Gasteiger partial charge in [-0.3, -0.25) is 0 Å². The average molecular weight is 272 g/mol. The highest BCUT2D eigenvalue weighted by Gasteiger charge is 2.13. The van der Waals surface area contributed by atoms with Crippen molar-refractivity contribution in [3.8, 4) is 0 Å². The maximum Gasteiger partial charge on any atom is 0.106 e. The van der Waals surface area contributed by atoms with Gasteiger partial charge in [0.1, 0.15) is 11.5 Å². The van der Waals surface area contributed by atoms with Crippen molar-refractivity contribution in [2.24, 2.45) is 0 Å². The highest BCUT2D eigenvalue weighted by Crippen LogP contribution is 2.28. The maximum atomic E-state index is 5.61. The van der Waals surface area contributed by atoms with E-state index in [1.165, 1.54) is 22.5 Å². The van der Waals surface area contributed by atoms with E-state index in [0.717, 1.165) is 11.5 Å². The van der Waals surface area contributed by atoms with Gasteiger partial charge >= 0.3 is 0 Å². The molecule has 1 atom stereocenters. The summed E-state index contributed by atoms with van der Waals surface area (Å²) in [7, 11) is 4.12. The molecule has 0 radical (unpaired) electrons. The molecule has 0 bridgehead atoms. The van der Waals surface area contributed by atoms with Crippen LogP contribution in [0, 0.1) is 20.8 Å². The summed E-state index contributed by atoms with van der Waals surface area (Å²) < 4.78 is 5.61. The van der Waals surface area contributed by atoms with Gasteiger partial charge in [-0.2, -0.15) is 0 Å². The lowest BCUT2D eigenvalue weighted by Gasteiger charge is -2.19. The first-order valence-electron chi connectivity index (χ1n) is 7.00. The molecule has 1 aromatic carbocycles. The monoisotopic (exact) mass is 272 g/mol. The topological polar surface area (TPSA) is 28.4 Å². The molecule has 3 heteroatoms. The Morgan fingerprint density at radius 2 is 1.80 bits per heavy atom. The zero-order valence-electron chi connectivity index (χ0n) is 13.2. The molecule has 0 spiro atoms. The first kappa shape index (κ1) is 14.5. The van der Waals surface area contributed by atoms with Gasteiger partial charge < -0.3 is 14.6 Å². The molecule has 0 fully saturated rings. The van der Waals surface area contributed by atoms with Gasteiger partial charge in [-0.1, -0.05) is 0 Å². The molecule has 0 aliphatic carbocycles. The van der Waals surface area contributed by atoms with E-state index in [-0.39, 0.29) is 6.04 Å². The largest absolute Gasteiger partial charge is 0.466 e. The van der Waals surface area contributed by atoms with Crippen LogP contribution in [0.1, 0.15) is 35.6 Å². The minimum atomic E-state index is 0.233. The number of aryl methyl sites for hydroxylation is 3. The summed E-state index contributed by atoms with van der Waals surface area (Å²) in [5.41, 5.74) is 4.86. The second kappa shape index (κ2) is 5.61. The first-order chi connectivity index (χ1) is 9.38. The minimum absolute atomic E-state index is 0.233. The predicted octanol–water partition coefficient (Wildman–Crippen LogP) is 4.44. The van der Waals surface area contributed by atoms with Crippen molar-refractivity contribution in [3.05, 3.63) is 46.9 Å². The van der Waals surface area contributed by atoms with Crippen molar-refractivity contribution in [1.82, 2.24) is 0 Å². The third-order valence-corrected chi connectivity index (χ3v) is 3.64. The standard InChI is InChI=1S/C17H24N2O/c1-11-9-15(19(5)6)7-8-17(11)18-13(3)16-10-12(2)20-14(16)4/h7-10,13,18H,1-6H3. The highest BCUT2D eigenvalue weighted by atomic mass is 16.3. The van der Waals surface area contributed by atoms with Crippen molar-refractivity contribution < 1.29 is 4.42 Å². The van der Waals surface area contributed by atoms with E-state index in [1.54, 1.807) is 0 Å². The van der Waals surface area contributed by atoms with Gasteiger partial charge in [-0.15, -0.1) is 0 Å². The van der Waals surface area contributed by atoms with Gasteiger partial charge in [0.05, 0.1) is 6.04 Å². The van der Waals surface area contributed by atoms with Crippen LogP contribution < -0.4 is 10.2 Å². The molecule has 2 rings (SSSR count). The molecular formula is C17H24N2O. The molecule has 1 unspecified atom stereocenters. The molecule has 0 aliphatic heterocycles. The van der Waals surface area contributed by atoms with E-state index in [9.17, 15) is 0 Å². The van der Waals surface area contributed by atoms with Crippen LogP contribution in [0.3, 0.4) is 0 Å². The van der Waals surface area contributed by atoms with Crippen molar-refractivity contribution in [3.63, 3.8) is 0 Å². The summed E-state index contributed by atoms with van der Waals surface area (Å²) in [6.07, 6.45) is 0. The van der Waals surface area contributed by atoms with E-state index >= 15 is 0 Å². The van der Waals surface area contributed by atoms with E-state index < -0.39 is 0 Å². The average Bonchev–Trinajstić information content (AvgIpc) is 2.70. The fourth-order valence-electron chi connectivity index (χ4n) is 2.48. The number of nitrogens with one attached hydrogen (secondary N) is 1. The van der Waals surface area contributed by atoms with Crippen LogP contribution in [-0.2, 0) is 0 Å². The Balaban J connectivity index is 2.19. The zero-order valence-corrected chi connectivity index (χ0v) is 13.2. The number of furan rings is 1. The number of benzene rings is 1. The molecule has 1 aromatic heterocycles. The van der Waals surface area contributed by atoms with E-state index in [4.69, 9.17) is 4.42 Å². The number of anilines is 2. The Morgan fingerprint density at radius 3 is 2.30 bits per heavy atom. The normalized spacial score (nSPS) is 12.3. The van der Waals surface area contributed by atoms with Gasteiger partial charge in [0.15, 0.2) is 0 Å². The van der Waals surface area contributed by atoms with Crippen LogP contribution in [0.25, 0.3) is 0 Å². The third kappa shape index (κ3) is 2.98. The van der Waals surface area contributed by atoms with E-state index in [2.05, 4.69) is 62.4 Å². The van der Waals surface area contributed by atoms with E-state index in [1.807, 2.05) is 13.8 Å². The Labute approximate surface area is 121 Å². The van der Waals surface area contributed by atoms with Gasteiger partial charge in [0, 0.05) is 31.0 Å². The van der Waals surface area contributed by atoms with Crippen LogP contribution in [0.5, 0.6) is 0 Å². The van der Waals surface area contributed by atoms with Crippen molar-refractivity contribution in [1.29, 1.82) is 0 Å². The quantitative estimate of drug-likeness (QED) is 0.891. The SMILES string of the molecule is Cc1cc(C(C)Nc2ccc(N(C)C)cc2C)c(C)o1. The van der Waals surface area contributed by atoms with E-state index in [0.29, 0.717) is 0 Å². The van der Waals surface area contributed by atoms with Crippen LogP contribution >= 0.6 is 0 Å². The third-order valence-electron chi connectivity index (χ3n) is 3.64. The molecule has 1 heterocycles. The molecule has 108 valence electrons. The number of nitrogens with zero attached hydrogens (tertiary/aromatic N) is 1. The minimum Gasteiger partial charge on any atom is -0.466 e. The molecule has 1 N–H and O–H groups in total.